The maximum atomic E-state index is 12.6. The van der Waals surface area contributed by atoms with Crippen LogP contribution in [0.4, 0.5) is 0 Å². The Morgan fingerprint density at radius 1 is 1.22 bits per heavy atom. The molecular formula is C18H24N2O3. The van der Waals surface area contributed by atoms with Crippen molar-refractivity contribution in [1.82, 2.24) is 9.88 Å². The van der Waals surface area contributed by atoms with E-state index < -0.39 is 6.04 Å². The summed E-state index contributed by atoms with van der Waals surface area (Å²) in [6, 6.07) is 4.79. The number of hydrogen-bond acceptors (Lipinski definition) is 4. The fraction of sp³-hybridized carbons (Fsp3) is 0.611. The number of pyridine rings is 1. The average molecular weight is 316 g/mol. The fourth-order valence-corrected chi connectivity index (χ4v) is 3.62. The normalized spacial score (nSPS) is 27.7. The first-order valence-corrected chi connectivity index (χ1v) is 8.57. The van der Waals surface area contributed by atoms with E-state index in [1.807, 2.05) is 0 Å². The molecule has 0 radical (unpaired) electrons. The van der Waals surface area contributed by atoms with Gasteiger partial charge < -0.3 is 9.64 Å². The van der Waals surface area contributed by atoms with E-state index in [4.69, 9.17) is 4.74 Å². The largest absolute Gasteiger partial charge is 0.461 e. The van der Waals surface area contributed by atoms with Gasteiger partial charge >= 0.3 is 5.97 Å². The van der Waals surface area contributed by atoms with Crippen molar-refractivity contribution < 1.29 is 14.3 Å². The smallest absolute Gasteiger partial charge is 0.329 e. The average Bonchev–Trinajstić information content (AvgIpc) is 3.05. The van der Waals surface area contributed by atoms with Crippen molar-refractivity contribution in [3.8, 4) is 0 Å². The van der Waals surface area contributed by atoms with Gasteiger partial charge in [-0.3, -0.25) is 9.78 Å². The Hall–Kier alpha value is -1.91. The number of hydrogen-bond donors (Lipinski definition) is 0. The minimum Gasteiger partial charge on any atom is -0.461 e. The van der Waals surface area contributed by atoms with Crippen LogP contribution in [0.5, 0.6) is 0 Å². The van der Waals surface area contributed by atoms with Gasteiger partial charge in [0.15, 0.2) is 0 Å². The second-order valence-corrected chi connectivity index (χ2v) is 6.70. The molecule has 2 heterocycles. The lowest BCUT2D eigenvalue weighted by Crippen LogP contribution is -2.43. The van der Waals surface area contributed by atoms with Gasteiger partial charge in [0.2, 0.25) is 0 Å². The van der Waals surface area contributed by atoms with Gasteiger partial charge in [0.05, 0.1) is 0 Å². The standard InChI is InChI=1S/C18H24N2O3/c1-13-6-4-7-14(12-13)23-18(22)16-9-5-11-20(16)17(21)15-8-2-3-10-19-15/h2-3,8,10,13-14,16H,4-7,9,11-12H2,1H3/t13-,14+,16-/m0/s1. The molecule has 0 bridgehead atoms. The first kappa shape index (κ1) is 16.0. The van der Waals surface area contributed by atoms with Crippen LogP contribution in [0.25, 0.3) is 0 Å². The summed E-state index contributed by atoms with van der Waals surface area (Å²) in [5.41, 5.74) is 0.387. The quantitative estimate of drug-likeness (QED) is 0.805. The van der Waals surface area contributed by atoms with Crippen molar-refractivity contribution in [2.75, 3.05) is 6.54 Å². The van der Waals surface area contributed by atoms with Crippen molar-refractivity contribution >= 4 is 11.9 Å². The highest BCUT2D eigenvalue weighted by Gasteiger charge is 2.37. The molecule has 0 unspecified atom stereocenters. The third-order valence-corrected chi connectivity index (χ3v) is 4.84. The van der Waals surface area contributed by atoms with Crippen LogP contribution in [0.15, 0.2) is 24.4 Å². The van der Waals surface area contributed by atoms with Crippen molar-refractivity contribution in [2.45, 2.75) is 57.6 Å². The first-order valence-electron chi connectivity index (χ1n) is 8.57. The summed E-state index contributed by atoms with van der Waals surface area (Å²) in [5, 5.41) is 0. The molecule has 1 saturated carbocycles. The zero-order chi connectivity index (χ0) is 16.2. The summed E-state index contributed by atoms with van der Waals surface area (Å²) < 4.78 is 5.71. The summed E-state index contributed by atoms with van der Waals surface area (Å²) in [6.07, 6.45) is 7.32. The van der Waals surface area contributed by atoms with Gasteiger partial charge in [0.1, 0.15) is 17.8 Å². The highest BCUT2D eigenvalue weighted by atomic mass is 16.5. The number of amides is 1. The molecule has 1 aromatic rings. The number of carbonyl (C=O) groups is 2. The Labute approximate surface area is 137 Å². The van der Waals surface area contributed by atoms with Crippen LogP contribution in [-0.2, 0) is 9.53 Å². The molecule has 0 N–H and O–H groups in total. The fourth-order valence-electron chi connectivity index (χ4n) is 3.62. The third kappa shape index (κ3) is 3.71. The van der Waals surface area contributed by atoms with Crippen molar-refractivity contribution in [3.05, 3.63) is 30.1 Å². The molecule has 1 saturated heterocycles. The molecule has 0 spiro atoms. The molecule has 124 valence electrons. The molecule has 1 aromatic heterocycles. The molecule has 3 rings (SSSR count). The lowest BCUT2D eigenvalue weighted by atomic mass is 9.89. The monoisotopic (exact) mass is 316 g/mol. The number of ether oxygens (including phenoxy) is 1. The topological polar surface area (TPSA) is 59.5 Å². The maximum Gasteiger partial charge on any atom is 0.329 e. The predicted molar refractivity (Wildman–Crippen MR) is 85.8 cm³/mol. The molecule has 3 atom stereocenters. The van der Waals surface area contributed by atoms with E-state index in [0.29, 0.717) is 24.6 Å². The minimum absolute atomic E-state index is 0.0126. The van der Waals surface area contributed by atoms with Gasteiger partial charge in [-0.1, -0.05) is 19.4 Å². The van der Waals surface area contributed by atoms with Gasteiger partial charge in [0, 0.05) is 12.7 Å². The van der Waals surface area contributed by atoms with E-state index in [0.717, 1.165) is 25.7 Å². The van der Waals surface area contributed by atoms with Crippen LogP contribution >= 0.6 is 0 Å². The zero-order valence-electron chi connectivity index (χ0n) is 13.6. The Morgan fingerprint density at radius 3 is 2.83 bits per heavy atom. The van der Waals surface area contributed by atoms with Crippen molar-refractivity contribution in [1.29, 1.82) is 0 Å². The van der Waals surface area contributed by atoms with Crippen molar-refractivity contribution in [3.63, 3.8) is 0 Å². The molecule has 5 heteroatoms. The number of nitrogens with zero attached hydrogens (tertiary/aromatic N) is 2. The SMILES string of the molecule is C[C@H]1CCC[C@@H](OC(=O)[C@@H]2CCCN2C(=O)c2ccccn2)C1. The van der Waals surface area contributed by atoms with E-state index in [1.54, 1.807) is 29.3 Å². The lowest BCUT2D eigenvalue weighted by molar-refractivity contribution is -0.155. The van der Waals surface area contributed by atoms with Crippen LogP contribution in [0.2, 0.25) is 0 Å². The molecule has 2 aliphatic rings. The van der Waals surface area contributed by atoms with Gasteiger partial charge in [-0.2, -0.15) is 0 Å². The van der Waals surface area contributed by atoms with Crippen LogP contribution in [-0.4, -0.2) is 40.5 Å². The van der Waals surface area contributed by atoms with Gasteiger partial charge in [-0.25, -0.2) is 4.79 Å². The number of rotatable bonds is 3. The summed E-state index contributed by atoms with van der Waals surface area (Å²) in [6.45, 7) is 2.79. The highest BCUT2D eigenvalue weighted by Crippen LogP contribution is 2.28. The molecule has 5 nitrogen and oxygen atoms in total. The molecule has 2 fully saturated rings. The van der Waals surface area contributed by atoms with Crippen molar-refractivity contribution in [2.24, 2.45) is 5.92 Å². The van der Waals surface area contributed by atoms with Crippen LogP contribution in [0.1, 0.15) is 55.9 Å². The summed E-state index contributed by atoms with van der Waals surface area (Å²) >= 11 is 0. The molecule has 1 aliphatic carbocycles. The molecule has 1 aliphatic heterocycles. The van der Waals surface area contributed by atoms with E-state index >= 15 is 0 Å². The number of likely N-dealkylation sites (tertiary alicyclic amines) is 1. The Morgan fingerprint density at radius 2 is 2.09 bits per heavy atom. The minimum atomic E-state index is -0.457. The van der Waals surface area contributed by atoms with E-state index in [-0.39, 0.29) is 18.0 Å². The van der Waals surface area contributed by atoms with E-state index in [2.05, 4.69) is 11.9 Å². The van der Waals surface area contributed by atoms with Crippen LogP contribution in [0.3, 0.4) is 0 Å². The predicted octanol–water partition coefficient (Wildman–Crippen LogP) is 2.81. The van der Waals surface area contributed by atoms with E-state index in [9.17, 15) is 9.59 Å². The Bertz CT molecular complexity index is 561. The molecule has 0 aromatic carbocycles. The summed E-state index contributed by atoms with van der Waals surface area (Å²) in [5.74, 6) is 0.185. The zero-order valence-corrected chi connectivity index (χ0v) is 13.6. The second kappa shape index (κ2) is 7.11. The highest BCUT2D eigenvalue weighted by molar-refractivity contribution is 5.95. The Kier molecular flexibility index (Phi) is 4.94. The maximum absolute atomic E-state index is 12.6. The molecule has 23 heavy (non-hydrogen) atoms. The molecule has 1 amide bonds. The summed E-state index contributed by atoms with van der Waals surface area (Å²) in [4.78, 5) is 30.8. The van der Waals surface area contributed by atoms with Crippen LogP contribution in [0, 0.1) is 5.92 Å². The number of aromatic nitrogens is 1. The third-order valence-electron chi connectivity index (χ3n) is 4.84. The Balaban J connectivity index is 1.64. The number of carbonyl (C=O) groups excluding carboxylic acids is 2. The van der Waals surface area contributed by atoms with Crippen LogP contribution < -0.4 is 0 Å². The second-order valence-electron chi connectivity index (χ2n) is 6.70. The molecular weight excluding hydrogens is 292 g/mol. The van der Waals surface area contributed by atoms with E-state index in [1.165, 1.54) is 6.42 Å². The summed E-state index contributed by atoms with van der Waals surface area (Å²) in [7, 11) is 0. The van der Waals surface area contributed by atoms with Gasteiger partial charge in [-0.15, -0.1) is 0 Å². The van der Waals surface area contributed by atoms with Gasteiger partial charge in [0.25, 0.3) is 5.91 Å². The number of esters is 1. The van der Waals surface area contributed by atoms with Gasteiger partial charge in [-0.05, 0) is 50.2 Å². The first-order chi connectivity index (χ1) is 11.1. The lowest BCUT2D eigenvalue weighted by Gasteiger charge is -2.29.